The number of piperidine rings is 1. The van der Waals surface area contributed by atoms with Gasteiger partial charge in [0.05, 0.1) is 0 Å². The Bertz CT molecular complexity index is 610. The number of hydrogen-bond donors (Lipinski definition) is 1. The highest BCUT2D eigenvalue weighted by Gasteiger charge is 2.36. The molecule has 0 radical (unpaired) electrons. The van der Waals surface area contributed by atoms with Crippen molar-refractivity contribution in [1.82, 2.24) is 14.8 Å². The molecule has 0 spiro atoms. The fourth-order valence-corrected chi connectivity index (χ4v) is 4.00. The first-order valence-corrected chi connectivity index (χ1v) is 8.70. The van der Waals surface area contributed by atoms with E-state index in [9.17, 15) is 9.59 Å². The van der Waals surface area contributed by atoms with Crippen molar-refractivity contribution >= 4 is 34.2 Å². The van der Waals surface area contributed by atoms with Gasteiger partial charge in [0.15, 0.2) is 0 Å². The third kappa shape index (κ3) is 4.37. The molecule has 23 heavy (non-hydrogen) atoms. The van der Waals surface area contributed by atoms with Crippen LogP contribution in [0.5, 0.6) is 0 Å². The molecule has 2 fully saturated rings. The van der Waals surface area contributed by atoms with Crippen LogP contribution in [0.2, 0.25) is 0 Å². The highest BCUT2D eigenvalue weighted by molar-refractivity contribution is 9.10. The first kappa shape index (κ1) is 18.5. The predicted molar refractivity (Wildman–Crippen MR) is 96.0 cm³/mol. The number of nitrogens with zero attached hydrogens (tertiary/aromatic N) is 2. The molecule has 0 aromatic carbocycles. The van der Waals surface area contributed by atoms with Crippen molar-refractivity contribution in [2.24, 2.45) is 0 Å². The third-order valence-electron chi connectivity index (χ3n) is 4.90. The summed E-state index contributed by atoms with van der Waals surface area (Å²) in [4.78, 5) is 26.1. The van der Waals surface area contributed by atoms with Crippen molar-refractivity contribution in [2.45, 2.75) is 56.8 Å². The number of carbonyl (C=O) groups is 1. The Morgan fingerprint density at radius 3 is 2.65 bits per heavy atom. The molecule has 2 saturated heterocycles. The van der Waals surface area contributed by atoms with E-state index in [2.05, 4.69) is 21.2 Å². The average molecular weight is 405 g/mol. The number of rotatable bonds is 4. The van der Waals surface area contributed by atoms with Crippen molar-refractivity contribution in [3.63, 3.8) is 0 Å². The maximum absolute atomic E-state index is 12.4. The summed E-state index contributed by atoms with van der Waals surface area (Å²) >= 11 is 3.35. The zero-order valence-electron chi connectivity index (χ0n) is 13.2. The second kappa shape index (κ2) is 7.81. The smallest absolute Gasteiger partial charge is 0.250 e. The standard InChI is InChI=1S/C16H22BrN3O2.ClH/c1-19(14-8-12-3-4-13(9-14)18-12)15(21)6-7-20-10-11(17)2-5-16(20)22;/h2,5,10,12-14,18H,3-4,6-9H2,1H3;1H. The van der Waals surface area contributed by atoms with Crippen LogP contribution in [0.3, 0.4) is 0 Å². The van der Waals surface area contributed by atoms with Crippen molar-refractivity contribution in [1.29, 1.82) is 0 Å². The number of amides is 1. The van der Waals surface area contributed by atoms with E-state index in [-0.39, 0.29) is 23.9 Å². The van der Waals surface area contributed by atoms with Crippen LogP contribution in [-0.4, -0.2) is 40.5 Å². The van der Waals surface area contributed by atoms with Crippen molar-refractivity contribution in [3.8, 4) is 0 Å². The molecule has 0 saturated carbocycles. The molecule has 2 unspecified atom stereocenters. The fourth-order valence-electron chi connectivity index (χ4n) is 3.62. The number of aromatic nitrogens is 1. The highest BCUT2D eigenvalue weighted by atomic mass is 79.9. The van der Waals surface area contributed by atoms with E-state index in [0.717, 1.165) is 17.3 Å². The van der Waals surface area contributed by atoms with Crippen molar-refractivity contribution in [3.05, 3.63) is 33.2 Å². The molecule has 5 nitrogen and oxygen atoms in total. The molecule has 2 bridgehead atoms. The van der Waals surface area contributed by atoms with Gasteiger partial charge in [-0.15, -0.1) is 12.4 Å². The molecule has 128 valence electrons. The maximum atomic E-state index is 12.4. The minimum absolute atomic E-state index is 0. The van der Waals surface area contributed by atoms with Crippen LogP contribution in [0.1, 0.15) is 32.1 Å². The molecule has 1 aromatic rings. The lowest BCUT2D eigenvalue weighted by Gasteiger charge is -2.35. The van der Waals surface area contributed by atoms with Gasteiger partial charge in [0.1, 0.15) is 0 Å². The summed E-state index contributed by atoms with van der Waals surface area (Å²) in [6.07, 6.45) is 6.67. The van der Waals surface area contributed by atoms with Gasteiger partial charge in [0, 0.05) is 54.9 Å². The van der Waals surface area contributed by atoms with Gasteiger partial charge >= 0.3 is 0 Å². The lowest BCUT2D eigenvalue weighted by molar-refractivity contribution is -0.132. The topological polar surface area (TPSA) is 54.3 Å². The maximum Gasteiger partial charge on any atom is 0.250 e. The molecule has 3 heterocycles. The van der Waals surface area contributed by atoms with E-state index in [1.807, 2.05) is 11.9 Å². The summed E-state index contributed by atoms with van der Waals surface area (Å²) in [5, 5.41) is 3.60. The van der Waals surface area contributed by atoms with Crippen LogP contribution in [0.15, 0.2) is 27.6 Å². The molecule has 0 aliphatic carbocycles. The third-order valence-corrected chi connectivity index (χ3v) is 5.37. The summed E-state index contributed by atoms with van der Waals surface area (Å²) in [6, 6.07) is 4.73. The van der Waals surface area contributed by atoms with E-state index < -0.39 is 0 Å². The second-order valence-corrected chi connectivity index (χ2v) is 7.31. The number of pyridine rings is 1. The Balaban J connectivity index is 0.00000192. The molecule has 2 aliphatic heterocycles. The van der Waals surface area contributed by atoms with Gasteiger partial charge < -0.3 is 14.8 Å². The zero-order valence-corrected chi connectivity index (χ0v) is 15.6. The number of hydrogen-bond acceptors (Lipinski definition) is 3. The first-order valence-electron chi connectivity index (χ1n) is 7.90. The molecule has 7 heteroatoms. The van der Waals surface area contributed by atoms with E-state index in [4.69, 9.17) is 0 Å². The number of aryl methyl sites for hydroxylation is 1. The Kier molecular flexibility index (Phi) is 6.28. The first-order chi connectivity index (χ1) is 10.5. The monoisotopic (exact) mass is 403 g/mol. The van der Waals surface area contributed by atoms with Gasteiger partial charge in [-0.3, -0.25) is 9.59 Å². The quantitative estimate of drug-likeness (QED) is 0.837. The number of halogens is 2. The number of carbonyl (C=O) groups excluding carboxylic acids is 1. The van der Waals surface area contributed by atoms with E-state index in [1.165, 1.54) is 18.9 Å². The minimum Gasteiger partial charge on any atom is -0.343 e. The Hall–Kier alpha value is -0.850. The van der Waals surface area contributed by atoms with Gasteiger partial charge in [-0.05, 0) is 47.7 Å². The molecule has 1 N–H and O–H groups in total. The number of fused-ring (bicyclic) bond motifs is 2. The Morgan fingerprint density at radius 1 is 1.35 bits per heavy atom. The Labute approximate surface area is 151 Å². The molecule has 1 aromatic heterocycles. The molecule has 2 aliphatic rings. The SMILES string of the molecule is CN(C(=O)CCn1cc(Br)ccc1=O)C1CC2CCC(C1)N2.Cl. The largest absolute Gasteiger partial charge is 0.343 e. The van der Waals surface area contributed by atoms with Crippen molar-refractivity contribution in [2.75, 3.05) is 7.05 Å². The molecular weight excluding hydrogens is 382 g/mol. The van der Waals surface area contributed by atoms with Crippen LogP contribution in [0, 0.1) is 0 Å². The van der Waals surface area contributed by atoms with Crippen LogP contribution in [-0.2, 0) is 11.3 Å². The summed E-state index contributed by atoms with van der Waals surface area (Å²) in [6.45, 7) is 0.430. The summed E-state index contributed by atoms with van der Waals surface area (Å²) in [5.74, 6) is 0.123. The van der Waals surface area contributed by atoms with Gasteiger partial charge in [-0.25, -0.2) is 0 Å². The van der Waals surface area contributed by atoms with Gasteiger partial charge in [-0.1, -0.05) is 0 Å². The average Bonchev–Trinajstić information content (AvgIpc) is 2.85. The van der Waals surface area contributed by atoms with Gasteiger partial charge in [0.25, 0.3) is 5.56 Å². The molecule has 3 rings (SSSR count). The van der Waals surface area contributed by atoms with E-state index in [0.29, 0.717) is 31.1 Å². The lowest BCUT2D eigenvalue weighted by atomic mass is 9.98. The zero-order chi connectivity index (χ0) is 15.7. The van der Waals surface area contributed by atoms with E-state index in [1.54, 1.807) is 16.8 Å². The number of nitrogens with one attached hydrogen (secondary N) is 1. The van der Waals surface area contributed by atoms with Gasteiger partial charge in [-0.2, -0.15) is 0 Å². The van der Waals surface area contributed by atoms with Crippen LogP contribution >= 0.6 is 28.3 Å². The summed E-state index contributed by atoms with van der Waals surface area (Å²) < 4.78 is 2.44. The second-order valence-electron chi connectivity index (χ2n) is 6.40. The van der Waals surface area contributed by atoms with E-state index >= 15 is 0 Å². The van der Waals surface area contributed by atoms with Crippen LogP contribution in [0.4, 0.5) is 0 Å². The van der Waals surface area contributed by atoms with Crippen LogP contribution in [0.25, 0.3) is 0 Å². The molecular formula is C16H23BrClN3O2. The molecule has 2 atom stereocenters. The van der Waals surface area contributed by atoms with Crippen LogP contribution < -0.4 is 10.9 Å². The lowest BCUT2D eigenvalue weighted by Crippen LogP contribution is -2.48. The summed E-state index contributed by atoms with van der Waals surface area (Å²) in [7, 11) is 1.90. The highest BCUT2D eigenvalue weighted by Crippen LogP contribution is 2.29. The van der Waals surface area contributed by atoms with Crippen molar-refractivity contribution < 1.29 is 4.79 Å². The van der Waals surface area contributed by atoms with Gasteiger partial charge in [0.2, 0.25) is 5.91 Å². The fraction of sp³-hybridized carbons (Fsp3) is 0.625. The summed E-state index contributed by atoms with van der Waals surface area (Å²) in [5.41, 5.74) is -0.0708. The Morgan fingerprint density at radius 2 is 2.00 bits per heavy atom. The molecule has 1 amide bonds. The normalized spacial score (nSPS) is 25.7. The predicted octanol–water partition coefficient (Wildman–Crippen LogP) is 2.16. The minimum atomic E-state index is -0.0708.